The molecule has 0 aliphatic carbocycles. The topological polar surface area (TPSA) is 236 Å². The van der Waals surface area contributed by atoms with Crippen LogP contribution >= 0.6 is 11.3 Å². The molecule has 1 aromatic carbocycles. The van der Waals surface area contributed by atoms with Crippen LogP contribution in [0.2, 0.25) is 0 Å². The smallest absolute Gasteiger partial charge is 0.399 e. The number of nitro groups is 2. The van der Waals surface area contributed by atoms with E-state index < -0.39 is 15.7 Å². The van der Waals surface area contributed by atoms with Crippen molar-refractivity contribution in [1.82, 2.24) is 20.4 Å². The summed E-state index contributed by atoms with van der Waals surface area (Å²) < 4.78 is 10.2. The molecule has 5 aromatic rings. The summed E-state index contributed by atoms with van der Waals surface area (Å²) in [5.74, 6) is 0.452. The van der Waals surface area contributed by atoms with E-state index in [2.05, 4.69) is 25.8 Å². The standard InChI is InChI=1S/C16H16N4O5.C8H6N4O4S/c21-9-7-19(8-10-22)16-11-3-1-2-4-12(11)17-15(18-16)13-5-6-14(25-13)20(23)24;13-4-9-11-8-10-5(3-17-8)6-1-2-7(16-6)12(14)15/h1-6,21-22H,7-10H2;1-4H,(H,9,13)(H,10,11). The normalized spacial score (nSPS) is 10.5. The molecule has 0 atom stereocenters. The molecule has 0 spiro atoms. The maximum atomic E-state index is 10.8. The van der Waals surface area contributed by atoms with Gasteiger partial charge in [-0.3, -0.25) is 35.9 Å². The lowest BCUT2D eigenvalue weighted by Crippen LogP contribution is -2.30. The Morgan fingerprint density at radius 3 is 2.17 bits per heavy atom. The summed E-state index contributed by atoms with van der Waals surface area (Å²) in [6.45, 7) is 0.332. The second-order valence-electron chi connectivity index (χ2n) is 8.04. The van der Waals surface area contributed by atoms with Crippen LogP contribution in [-0.2, 0) is 4.79 Å². The largest absolute Gasteiger partial charge is 0.433 e. The van der Waals surface area contributed by atoms with Crippen molar-refractivity contribution in [1.29, 1.82) is 0 Å². The molecule has 18 heteroatoms. The van der Waals surface area contributed by atoms with E-state index in [0.29, 0.717) is 34.3 Å². The SMILES string of the molecule is O=CNNc1nc(-c2ccc([N+](=O)[O-])o2)cs1.O=[N+]([O-])c1ccc(-c2nc(N(CCO)CCO)c3ccccc3n2)o1. The Morgan fingerprint density at radius 2 is 1.55 bits per heavy atom. The van der Waals surface area contributed by atoms with Crippen LogP contribution in [0.4, 0.5) is 22.7 Å². The molecular weight excluding hydrogens is 576 g/mol. The molecule has 0 fully saturated rings. The van der Waals surface area contributed by atoms with Gasteiger partial charge in [0.05, 0.1) is 30.9 Å². The molecule has 5 rings (SSSR count). The number of hydrazine groups is 1. The minimum Gasteiger partial charge on any atom is -0.399 e. The number of amides is 1. The third-order valence-corrected chi connectivity index (χ3v) is 6.14. The van der Waals surface area contributed by atoms with Crippen LogP contribution in [-0.4, -0.2) is 67.7 Å². The number of hydrogen-bond donors (Lipinski definition) is 4. The lowest BCUT2D eigenvalue weighted by molar-refractivity contribution is -0.402. The van der Waals surface area contributed by atoms with E-state index in [4.69, 9.17) is 8.83 Å². The minimum atomic E-state index is -0.630. The highest BCUT2D eigenvalue weighted by Gasteiger charge is 2.19. The van der Waals surface area contributed by atoms with Gasteiger partial charge in [0, 0.05) is 23.9 Å². The van der Waals surface area contributed by atoms with Crippen LogP contribution in [0, 0.1) is 20.2 Å². The van der Waals surface area contributed by atoms with Crippen molar-refractivity contribution in [2.75, 3.05) is 36.6 Å². The number of rotatable bonds is 12. The average molecular weight is 599 g/mol. The highest BCUT2D eigenvalue weighted by Crippen LogP contribution is 2.30. The summed E-state index contributed by atoms with van der Waals surface area (Å²) in [5, 5.41) is 42.7. The van der Waals surface area contributed by atoms with Gasteiger partial charge < -0.3 is 23.9 Å². The van der Waals surface area contributed by atoms with E-state index in [-0.39, 0.29) is 43.8 Å². The van der Waals surface area contributed by atoms with Gasteiger partial charge in [0.15, 0.2) is 17.3 Å². The van der Waals surface area contributed by atoms with Crippen molar-refractivity contribution in [3.8, 4) is 23.0 Å². The third-order valence-electron chi connectivity index (χ3n) is 5.38. The molecule has 0 radical (unpaired) electrons. The number of hydrogen-bond acceptors (Lipinski definition) is 15. The zero-order chi connectivity index (χ0) is 30.1. The van der Waals surface area contributed by atoms with E-state index in [1.54, 1.807) is 16.3 Å². The number of nitrogens with zero attached hydrogens (tertiary/aromatic N) is 6. The molecule has 0 unspecified atom stereocenters. The molecule has 1 amide bonds. The van der Waals surface area contributed by atoms with Crippen molar-refractivity contribution >= 4 is 51.4 Å². The zero-order valence-electron chi connectivity index (χ0n) is 21.4. The molecule has 0 bridgehead atoms. The Labute approximate surface area is 239 Å². The number of para-hydroxylation sites is 1. The molecule has 0 saturated carbocycles. The molecule has 0 aliphatic rings. The zero-order valence-corrected chi connectivity index (χ0v) is 22.3. The summed E-state index contributed by atoms with van der Waals surface area (Å²) in [7, 11) is 0. The van der Waals surface area contributed by atoms with E-state index in [0.717, 1.165) is 5.39 Å². The van der Waals surface area contributed by atoms with Crippen LogP contribution in [0.15, 0.2) is 62.7 Å². The first-order valence-electron chi connectivity index (χ1n) is 12.0. The van der Waals surface area contributed by atoms with Gasteiger partial charge in [0.1, 0.15) is 21.4 Å². The Kier molecular flexibility index (Phi) is 9.66. The van der Waals surface area contributed by atoms with Gasteiger partial charge in [-0.05, 0) is 24.3 Å². The Morgan fingerprint density at radius 1 is 0.905 bits per heavy atom. The van der Waals surface area contributed by atoms with Gasteiger partial charge in [0.25, 0.3) is 0 Å². The molecule has 4 aromatic heterocycles. The maximum absolute atomic E-state index is 10.8. The highest BCUT2D eigenvalue weighted by molar-refractivity contribution is 7.14. The summed E-state index contributed by atoms with van der Waals surface area (Å²) in [6.07, 6.45) is 0.471. The van der Waals surface area contributed by atoms with E-state index in [1.165, 1.54) is 35.6 Å². The summed E-state index contributed by atoms with van der Waals surface area (Å²) >= 11 is 1.23. The summed E-state index contributed by atoms with van der Waals surface area (Å²) in [4.78, 5) is 44.7. The quantitative estimate of drug-likeness (QED) is 0.0918. The number of aliphatic hydroxyl groups excluding tert-OH is 2. The number of carbonyl (C=O) groups is 1. The first-order valence-corrected chi connectivity index (χ1v) is 12.9. The molecular formula is C24H22N8O9S. The van der Waals surface area contributed by atoms with Crippen molar-refractivity contribution in [3.05, 3.63) is 74.1 Å². The van der Waals surface area contributed by atoms with Crippen LogP contribution in [0.1, 0.15) is 0 Å². The van der Waals surface area contributed by atoms with E-state index >= 15 is 0 Å². The first kappa shape index (κ1) is 29.5. The molecule has 42 heavy (non-hydrogen) atoms. The van der Waals surface area contributed by atoms with Crippen molar-refractivity contribution in [2.24, 2.45) is 0 Å². The number of thiazole rings is 1. The van der Waals surface area contributed by atoms with Gasteiger partial charge in [-0.25, -0.2) is 15.0 Å². The number of carbonyl (C=O) groups excluding carboxylic acids is 1. The molecule has 0 aliphatic heterocycles. The molecule has 17 nitrogen and oxygen atoms in total. The third kappa shape index (κ3) is 6.99. The summed E-state index contributed by atoms with van der Waals surface area (Å²) in [5.41, 5.74) is 5.84. The van der Waals surface area contributed by atoms with Crippen molar-refractivity contribution in [3.63, 3.8) is 0 Å². The molecule has 0 saturated heterocycles. The average Bonchev–Trinajstić information content (AvgIpc) is 3.77. The fourth-order valence-corrected chi connectivity index (χ4v) is 4.28. The minimum absolute atomic E-state index is 0.111. The number of aromatic nitrogens is 3. The second kappa shape index (κ2) is 13.7. The Bertz CT molecular complexity index is 1680. The molecule has 4 N–H and O–H groups in total. The predicted molar refractivity (Wildman–Crippen MR) is 150 cm³/mol. The number of anilines is 2. The van der Waals surface area contributed by atoms with Crippen LogP contribution in [0.3, 0.4) is 0 Å². The van der Waals surface area contributed by atoms with Crippen molar-refractivity contribution in [2.45, 2.75) is 0 Å². The fourth-order valence-electron chi connectivity index (χ4n) is 3.62. The Hall–Kier alpha value is -5.46. The van der Waals surface area contributed by atoms with Crippen molar-refractivity contribution < 1.29 is 33.7 Å². The van der Waals surface area contributed by atoms with E-state index in [1.807, 2.05) is 18.2 Å². The number of nitrogens with one attached hydrogen (secondary N) is 2. The number of fused-ring (bicyclic) bond motifs is 1. The predicted octanol–water partition coefficient (Wildman–Crippen LogP) is 2.97. The maximum Gasteiger partial charge on any atom is 0.433 e. The number of furan rings is 2. The second-order valence-corrected chi connectivity index (χ2v) is 8.90. The number of benzene rings is 1. The van der Waals surface area contributed by atoms with Gasteiger partial charge in [-0.2, -0.15) is 0 Å². The fraction of sp³-hybridized carbons (Fsp3) is 0.167. The van der Waals surface area contributed by atoms with Crippen LogP contribution in [0.25, 0.3) is 33.9 Å². The van der Waals surface area contributed by atoms with Gasteiger partial charge >= 0.3 is 11.8 Å². The molecule has 4 heterocycles. The number of aliphatic hydroxyl groups is 2. The Balaban J connectivity index is 0.000000208. The van der Waals surface area contributed by atoms with Gasteiger partial charge in [0.2, 0.25) is 11.5 Å². The first-order chi connectivity index (χ1) is 20.3. The van der Waals surface area contributed by atoms with Crippen LogP contribution in [0.5, 0.6) is 0 Å². The van der Waals surface area contributed by atoms with Gasteiger partial charge in [-0.1, -0.05) is 12.1 Å². The van der Waals surface area contributed by atoms with Gasteiger partial charge in [-0.15, -0.1) is 11.3 Å². The lowest BCUT2D eigenvalue weighted by atomic mass is 10.2. The van der Waals surface area contributed by atoms with Crippen LogP contribution < -0.4 is 15.8 Å². The lowest BCUT2D eigenvalue weighted by Gasteiger charge is -2.23. The summed E-state index contributed by atoms with van der Waals surface area (Å²) in [6, 6.07) is 12.7. The monoisotopic (exact) mass is 598 g/mol. The van der Waals surface area contributed by atoms with E-state index in [9.17, 15) is 35.2 Å². The molecule has 218 valence electrons. The highest BCUT2D eigenvalue weighted by atomic mass is 32.1.